The number of para-hydroxylation sites is 2. The summed E-state index contributed by atoms with van der Waals surface area (Å²) >= 11 is 0. The first-order valence-corrected chi connectivity index (χ1v) is 17.8. The van der Waals surface area contributed by atoms with Crippen molar-refractivity contribution in [3.05, 3.63) is 170 Å². The Labute approximate surface area is 298 Å². The van der Waals surface area contributed by atoms with E-state index in [1.165, 1.54) is 71.3 Å². The quantitative estimate of drug-likeness (QED) is 0.189. The highest BCUT2D eigenvalue weighted by molar-refractivity contribution is 6.15. The number of aromatic nitrogens is 4. The van der Waals surface area contributed by atoms with Gasteiger partial charge in [0.2, 0.25) is 5.95 Å². The van der Waals surface area contributed by atoms with E-state index >= 15 is 0 Å². The van der Waals surface area contributed by atoms with Gasteiger partial charge >= 0.3 is 0 Å². The predicted octanol–water partition coefficient (Wildman–Crippen LogP) is 12.3. The largest absolute Gasteiger partial charge is 0.309 e. The van der Waals surface area contributed by atoms with Crippen LogP contribution in [0.2, 0.25) is 0 Å². The van der Waals surface area contributed by atoms with Crippen LogP contribution < -0.4 is 0 Å². The molecule has 8 aromatic carbocycles. The third-order valence-corrected chi connectivity index (χ3v) is 11.1. The lowest BCUT2D eigenvalue weighted by Gasteiger charge is -2.10. The van der Waals surface area contributed by atoms with E-state index in [0.29, 0.717) is 5.95 Å². The van der Waals surface area contributed by atoms with Gasteiger partial charge in [-0.1, -0.05) is 115 Å². The Morgan fingerprint density at radius 2 is 0.962 bits per heavy atom. The van der Waals surface area contributed by atoms with Crippen molar-refractivity contribution in [2.45, 2.75) is 0 Å². The summed E-state index contributed by atoms with van der Waals surface area (Å²) in [6.07, 6.45) is 0. The molecule has 0 unspecified atom stereocenters. The molecule has 0 aliphatic heterocycles. The lowest BCUT2D eigenvalue weighted by atomic mass is 10.0. The summed E-state index contributed by atoms with van der Waals surface area (Å²) in [6, 6.07) is 61.4. The summed E-state index contributed by atoms with van der Waals surface area (Å²) in [6.45, 7) is 0. The molecule has 0 spiro atoms. The van der Waals surface area contributed by atoms with Crippen molar-refractivity contribution in [2.75, 3.05) is 0 Å². The van der Waals surface area contributed by atoms with E-state index in [9.17, 15) is 0 Å². The maximum Gasteiger partial charge on any atom is 0.235 e. The van der Waals surface area contributed by atoms with Crippen molar-refractivity contribution in [3.8, 4) is 45.1 Å². The van der Waals surface area contributed by atoms with Crippen molar-refractivity contribution >= 4 is 65.3 Å². The molecule has 240 valence electrons. The Bertz CT molecular complexity index is 3310. The molecular weight excluding hydrogens is 633 g/mol. The SMILES string of the molecule is c1ccc2c(c1)-c1cccc3nc(-n4c5ccccc5c5cc(-c6ccc7c(c6)c6ccccc6n7-c6ccc7ccccc7c6)ccc54)nc-2c13. The fraction of sp³-hybridized carbons (Fsp3) is 0. The zero-order valence-electron chi connectivity index (χ0n) is 28.0. The van der Waals surface area contributed by atoms with Crippen LogP contribution in [0.5, 0.6) is 0 Å². The van der Waals surface area contributed by atoms with Gasteiger partial charge in [-0.3, -0.25) is 4.57 Å². The zero-order valence-corrected chi connectivity index (χ0v) is 28.0. The second-order valence-corrected chi connectivity index (χ2v) is 13.8. The maximum absolute atomic E-state index is 5.29. The van der Waals surface area contributed by atoms with Gasteiger partial charge in [0.25, 0.3) is 0 Å². The van der Waals surface area contributed by atoms with E-state index in [0.717, 1.165) is 33.2 Å². The van der Waals surface area contributed by atoms with Crippen molar-refractivity contribution in [2.24, 2.45) is 0 Å². The smallest absolute Gasteiger partial charge is 0.235 e. The summed E-state index contributed by atoms with van der Waals surface area (Å²) in [5.74, 6) is 0.693. The minimum absolute atomic E-state index is 0.693. The van der Waals surface area contributed by atoms with Crippen molar-refractivity contribution < 1.29 is 0 Å². The monoisotopic (exact) mass is 660 g/mol. The highest BCUT2D eigenvalue weighted by Crippen LogP contribution is 2.46. The molecule has 3 heterocycles. The molecular formula is C48H28N4. The second-order valence-electron chi connectivity index (χ2n) is 13.8. The van der Waals surface area contributed by atoms with Gasteiger partial charge in [-0.15, -0.1) is 0 Å². The standard InChI is InChI=1S/C48H28N4/c1-2-11-30-26-33(23-20-29(30)10-1)51-42-18-7-5-13-35(42)39-27-31(21-24-44(39)51)32-22-25-45-40(28-32)36-14-6-8-19-43(36)52(45)48-49-41-17-9-16-37-34-12-3-4-15-38(34)47(50-48)46(37)41/h1-28H. The Kier molecular flexibility index (Phi) is 5.47. The van der Waals surface area contributed by atoms with Crippen molar-refractivity contribution in [1.29, 1.82) is 0 Å². The lowest BCUT2D eigenvalue weighted by Crippen LogP contribution is -2.02. The Balaban J connectivity index is 1.05. The molecule has 0 bridgehead atoms. The van der Waals surface area contributed by atoms with E-state index in [-0.39, 0.29) is 0 Å². The number of rotatable bonds is 3. The van der Waals surface area contributed by atoms with E-state index in [4.69, 9.17) is 9.97 Å². The molecule has 11 aromatic rings. The first-order chi connectivity index (χ1) is 25.8. The van der Waals surface area contributed by atoms with Crippen LogP contribution in [0.4, 0.5) is 0 Å². The van der Waals surface area contributed by atoms with Gasteiger partial charge in [0.15, 0.2) is 0 Å². The molecule has 0 amide bonds. The number of hydrogen-bond acceptors (Lipinski definition) is 2. The Morgan fingerprint density at radius 1 is 0.365 bits per heavy atom. The summed E-state index contributed by atoms with van der Waals surface area (Å²) in [5.41, 5.74) is 13.7. The summed E-state index contributed by atoms with van der Waals surface area (Å²) in [5, 5.41) is 8.47. The minimum Gasteiger partial charge on any atom is -0.309 e. The highest BCUT2D eigenvalue weighted by atomic mass is 15.2. The van der Waals surface area contributed by atoms with Crippen LogP contribution in [0.15, 0.2) is 170 Å². The van der Waals surface area contributed by atoms with Crippen LogP contribution in [0.1, 0.15) is 0 Å². The molecule has 0 N–H and O–H groups in total. The summed E-state index contributed by atoms with van der Waals surface area (Å²) in [4.78, 5) is 10.5. The van der Waals surface area contributed by atoms with Gasteiger partial charge in [-0.25, -0.2) is 9.97 Å². The fourth-order valence-corrected chi connectivity index (χ4v) is 8.73. The normalized spacial score (nSPS) is 12.2. The van der Waals surface area contributed by atoms with E-state index < -0.39 is 0 Å². The number of fused-ring (bicyclic) bond motifs is 10. The van der Waals surface area contributed by atoms with Crippen LogP contribution >= 0.6 is 0 Å². The van der Waals surface area contributed by atoms with Crippen molar-refractivity contribution in [1.82, 2.24) is 19.1 Å². The average molecular weight is 661 g/mol. The molecule has 12 rings (SSSR count). The van der Waals surface area contributed by atoms with E-state index in [1.54, 1.807) is 0 Å². The van der Waals surface area contributed by atoms with Gasteiger partial charge in [-0.05, 0) is 87.6 Å². The van der Waals surface area contributed by atoms with E-state index in [2.05, 4.69) is 179 Å². The third-order valence-electron chi connectivity index (χ3n) is 11.1. The highest BCUT2D eigenvalue weighted by Gasteiger charge is 2.25. The van der Waals surface area contributed by atoms with Gasteiger partial charge in [0.1, 0.15) is 0 Å². The summed E-state index contributed by atoms with van der Waals surface area (Å²) in [7, 11) is 0. The molecule has 0 atom stereocenters. The number of benzene rings is 8. The number of hydrogen-bond donors (Lipinski definition) is 0. The zero-order chi connectivity index (χ0) is 33.9. The fourth-order valence-electron chi connectivity index (χ4n) is 8.73. The molecule has 4 nitrogen and oxygen atoms in total. The molecule has 0 radical (unpaired) electrons. The Hall–Kier alpha value is -7.04. The van der Waals surface area contributed by atoms with Crippen LogP contribution in [-0.2, 0) is 0 Å². The predicted molar refractivity (Wildman–Crippen MR) is 216 cm³/mol. The van der Waals surface area contributed by atoms with Crippen LogP contribution in [0.3, 0.4) is 0 Å². The lowest BCUT2D eigenvalue weighted by molar-refractivity contribution is 1.02. The molecule has 1 aliphatic rings. The minimum atomic E-state index is 0.693. The van der Waals surface area contributed by atoms with Gasteiger partial charge in [-0.2, -0.15) is 0 Å². The molecule has 0 fully saturated rings. The molecule has 4 heteroatoms. The molecule has 3 aromatic heterocycles. The molecule has 0 saturated carbocycles. The van der Waals surface area contributed by atoms with E-state index in [1.807, 2.05) is 0 Å². The molecule has 0 saturated heterocycles. The first kappa shape index (κ1) is 27.7. The number of nitrogens with zero attached hydrogens (tertiary/aromatic N) is 4. The topological polar surface area (TPSA) is 35.6 Å². The van der Waals surface area contributed by atoms with Crippen LogP contribution in [0.25, 0.3) is 110 Å². The maximum atomic E-state index is 5.29. The molecule has 52 heavy (non-hydrogen) atoms. The summed E-state index contributed by atoms with van der Waals surface area (Å²) < 4.78 is 4.63. The first-order valence-electron chi connectivity index (χ1n) is 17.8. The molecule has 1 aliphatic carbocycles. The average Bonchev–Trinajstić information content (AvgIpc) is 3.84. The van der Waals surface area contributed by atoms with Crippen LogP contribution in [0, 0.1) is 0 Å². The van der Waals surface area contributed by atoms with Gasteiger partial charge in [0, 0.05) is 38.2 Å². The van der Waals surface area contributed by atoms with Gasteiger partial charge < -0.3 is 4.57 Å². The van der Waals surface area contributed by atoms with Gasteiger partial charge in [0.05, 0.1) is 33.3 Å². The Morgan fingerprint density at radius 3 is 1.73 bits per heavy atom. The van der Waals surface area contributed by atoms with Crippen molar-refractivity contribution in [3.63, 3.8) is 0 Å². The second kappa shape index (κ2) is 10.3. The third kappa shape index (κ3) is 3.75. The van der Waals surface area contributed by atoms with Crippen LogP contribution in [-0.4, -0.2) is 19.1 Å².